The summed E-state index contributed by atoms with van der Waals surface area (Å²) in [6, 6.07) is 2.29. The van der Waals surface area contributed by atoms with E-state index in [2.05, 4.69) is 15.6 Å². The third kappa shape index (κ3) is 5.05. The first-order valence-electron chi connectivity index (χ1n) is 6.18. The second-order valence-electron chi connectivity index (χ2n) is 4.00. The Labute approximate surface area is 116 Å². The van der Waals surface area contributed by atoms with Crippen LogP contribution in [0.25, 0.3) is 0 Å². The molecule has 0 aliphatic heterocycles. The predicted octanol–water partition coefficient (Wildman–Crippen LogP) is -0.121. The average molecular weight is 279 g/mol. The van der Waals surface area contributed by atoms with Crippen LogP contribution in [-0.2, 0) is 14.3 Å². The predicted molar refractivity (Wildman–Crippen MR) is 70.8 cm³/mol. The monoisotopic (exact) mass is 279 g/mol. The number of esters is 1. The minimum atomic E-state index is -0.679. The molecule has 1 heterocycles. The van der Waals surface area contributed by atoms with Gasteiger partial charge in [0.1, 0.15) is 6.04 Å². The lowest BCUT2D eigenvalue weighted by molar-refractivity contribution is -0.130. The number of carbonyl (C=O) groups excluding carboxylic acids is 3. The van der Waals surface area contributed by atoms with Crippen molar-refractivity contribution in [2.75, 3.05) is 13.2 Å². The molecule has 0 bridgehead atoms. The summed E-state index contributed by atoms with van der Waals surface area (Å²) in [6.45, 7) is 3.37. The van der Waals surface area contributed by atoms with Gasteiger partial charge in [-0.15, -0.1) is 0 Å². The third-order valence-electron chi connectivity index (χ3n) is 2.37. The zero-order valence-corrected chi connectivity index (χ0v) is 11.4. The Morgan fingerprint density at radius 2 is 1.95 bits per heavy atom. The zero-order valence-electron chi connectivity index (χ0n) is 11.4. The Morgan fingerprint density at radius 3 is 2.55 bits per heavy atom. The largest absolute Gasteiger partial charge is 0.452 e. The number of ether oxygens (including phenoxy) is 1. The summed E-state index contributed by atoms with van der Waals surface area (Å²) in [7, 11) is 0. The zero-order chi connectivity index (χ0) is 15.0. The first-order chi connectivity index (χ1) is 9.54. The van der Waals surface area contributed by atoms with E-state index in [0.29, 0.717) is 12.1 Å². The highest BCUT2D eigenvalue weighted by molar-refractivity contribution is 5.92. The van der Waals surface area contributed by atoms with Crippen molar-refractivity contribution in [1.29, 1.82) is 0 Å². The van der Waals surface area contributed by atoms with Gasteiger partial charge in [0.05, 0.1) is 5.56 Å². The summed E-state index contributed by atoms with van der Waals surface area (Å²) in [6.07, 6.45) is 2.90. The van der Waals surface area contributed by atoms with Gasteiger partial charge in [0.15, 0.2) is 6.61 Å². The van der Waals surface area contributed by atoms with E-state index in [1.807, 2.05) is 0 Å². The first-order valence-corrected chi connectivity index (χ1v) is 6.18. The molecule has 0 unspecified atom stereocenters. The van der Waals surface area contributed by atoms with Crippen LogP contribution in [0.5, 0.6) is 0 Å². The van der Waals surface area contributed by atoms with Crippen LogP contribution in [0.3, 0.4) is 0 Å². The van der Waals surface area contributed by atoms with E-state index in [9.17, 15) is 14.4 Å². The topological polar surface area (TPSA) is 97.4 Å². The van der Waals surface area contributed by atoms with Gasteiger partial charge in [-0.3, -0.25) is 14.6 Å². The fraction of sp³-hybridized carbons (Fsp3) is 0.385. The lowest BCUT2D eigenvalue weighted by Crippen LogP contribution is -2.46. The van der Waals surface area contributed by atoms with Crippen molar-refractivity contribution in [3.8, 4) is 0 Å². The molecule has 20 heavy (non-hydrogen) atoms. The summed E-state index contributed by atoms with van der Waals surface area (Å²) in [4.78, 5) is 38.2. The van der Waals surface area contributed by atoms with Crippen LogP contribution in [0, 0.1) is 0 Å². The van der Waals surface area contributed by atoms with Crippen LogP contribution >= 0.6 is 0 Å². The number of pyridine rings is 1. The maximum absolute atomic E-state index is 11.6. The van der Waals surface area contributed by atoms with E-state index < -0.39 is 24.5 Å². The highest BCUT2D eigenvalue weighted by Crippen LogP contribution is 1.98. The van der Waals surface area contributed by atoms with Crippen molar-refractivity contribution in [2.45, 2.75) is 19.9 Å². The van der Waals surface area contributed by atoms with Gasteiger partial charge in [-0.1, -0.05) is 0 Å². The molecule has 108 valence electrons. The van der Waals surface area contributed by atoms with E-state index in [4.69, 9.17) is 4.74 Å². The number of amides is 2. The fourth-order valence-corrected chi connectivity index (χ4v) is 1.38. The smallest absolute Gasteiger partial charge is 0.338 e. The second-order valence-corrected chi connectivity index (χ2v) is 4.00. The summed E-state index contributed by atoms with van der Waals surface area (Å²) >= 11 is 0. The minimum Gasteiger partial charge on any atom is -0.452 e. The molecule has 1 rings (SSSR count). The maximum Gasteiger partial charge on any atom is 0.338 e. The Kier molecular flexibility index (Phi) is 6.15. The fourth-order valence-electron chi connectivity index (χ4n) is 1.38. The van der Waals surface area contributed by atoms with Gasteiger partial charge in [0.25, 0.3) is 5.91 Å². The van der Waals surface area contributed by atoms with Crippen molar-refractivity contribution >= 4 is 17.8 Å². The molecule has 0 fully saturated rings. The van der Waals surface area contributed by atoms with E-state index in [1.54, 1.807) is 13.8 Å². The van der Waals surface area contributed by atoms with Gasteiger partial charge >= 0.3 is 5.97 Å². The van der Waals surface area contributed by atoms with E-state index >= 15 is 0 Å². The van der Waals surface area contributed by atoms with E-state index in [1.165, 1.54) is 24.5 Å². The molecule has 0 spiro atoms. The minimum absolute atomic E-state index is 0.290. The van der Waals surface area contributed by atoms with Crippen LogP contribution in [0.15, 0.2) is 24.5 Å². The molecule has 0 radical (unpaired) electrons. The van der Waals surface area contributed by atoms with Crippen LogP contribution < -0.4 is 10.6 Å². The van der Waals surface area contributed by atoms with Crippen molar-refractivity contribution in [3.05, 3.63) is 30.1 Å². The third-order valence-corrected chi connectivity index (χ3v) is 2.37. The van der Waals surface area contributed by atoms with Crippen LogP contribution in [0.1, 0.15) is 24.2 Å². The van der Waals surface area contributed by atoms with Crippen molar-refractivity contribution in [1.82, 2.24) is 15.6 Å². The Balaban J connectivity index is 2.37. The van der Waals surface area contributed by atoms with E-state index in [-0.39, 0.29) is 5.91 Å². The molecule has 0 saturated heterocycles. The lowest BCUT2D eigenvalue weighted by Gasteiger charge is -2.13. The second kappa shape index (κ2) is 7.88. The number of hydrogen-bond acceptors (Lipinski definition) is 5. The molecule has 1 atom stereocenters. The molecule has 0 aliphatic rings. The van der Waals surface area contributed by atoms with Gasteiger partial charge < -0.3 is 15.4 Å². The molecule has 7 heteroatoms. The molecule has 2 amide bonds. The van der Waals surface area contributed by atoms with Crippen molar-refractivity contribution < 1.29 is 19.1 Å². The average Bonchev–Trinajstić information content (AvgIpc) is 2.45. The number of nitrogens with zero attached hydrogens (tertiary/aromatic N) is 1. The van der Waals surface area contributed by atoms with Gasteiger partial charge in [0.2, 0.25) is 5.91 Å². The molecule has 0 aromatic carbocycles. The highest BCUT2D eigenvalue weighted by atomic mass is 16.5. The molecule has 0 saturated carbocycles. The first kappa shape index (κ1) is 15.6. The van der Waals surface area contributed by atoms with Crippen molar-refractivity contribution in [3.63, 3.8) is 0 Å². The number of carbonyl (C=O) groups is 3. The molecule has 0 aliphatic carbocycles. The van der Waals surface area contributed by atoms with Crippen molar-refractivity contribution in [2.24, 2.45) is 0 Å². The molecular weight excluding hydrogens is 262 g/mol. The Bertz CT molecular complexity index is 476. The molecule has 7 nitrogen and oxygen atoms in total. The van der Waals surface area contributed by atoms with Gasteiger partial charge in [-0.2, -0.15) is 0 Å². The number of hydrogen-bond donors (Lipinski definition) is 2. The highest BCUT2D eigenvalue weighted by Gasteiger charge is 2.16. The number of aromatic nitrogens is 1. The van der Waals surface area contributed by atoms with Crippen LogP contribution in [-0.4, -0.2) is 42.0 Å². The van der Waals surface area contributed by atoms with Gasteiger partial charge in [0, 0.05) is 18.9 Å². The number of likely N-dealkylation sites (N-methyl/N-ethyl adjacent to an activating group) is 1. The maximum atomic E-state index is 11.6. The SMILES string of the molecule is CCNC(=O)[C@@H](C)NC(=O)COC(=O)c1ccncc1. The molecule has 1 aromatic heterocycles. The normalized spacial score (nSPS) is 11.3. The summed E-state index contributed by atoms with van der Waals surface area (Å²) in [5, 5.41) is 5.00. The summed E-state index contributed by atoms with van der Waals surface area (Å²) in [5.74, 6) is -1.44. The standard InChI is InChI=1S/C13H17N3O4/c1-3-15-12(18)9(2)16-11(17)8-20-13(19)10-4-6-14-7-5-10/h4-7,9H,3,8H2,1-2H3,(H,15,18)(H,16,17)/t9-/m1/s1. The number of nitrogens with one attached hydrogen (secondary N) is 2. The quantitative estimate of drug-likeness (QED) is 0.707. The van der Waals surface area contributed by atoms with Crippen LogP contribution in [0.4, 0.5) is 0 Å². The summed E-state index contributed by atoms with van der Waals surface area (Å²) < 4.78 is 4.82. The molecule has 1 aromatic rings. The Morgan fingerprint density at radius 1 is 1.30 bits per heavy atom. The van der Waals surface area contributed by atoms with Gasteiger partial charge in [-0.25, -0.2) is 4.79 Å². The summed E-state index contributed by atoms with van der Waals surface area (Å²) in [5.41, 5.74) is 0.310. The van der Waals surface area contributed by atoms with Crippen LogP contribution in [0.2, 0.25) is 0 Å². The van der Waals surface area contributed by atoms with Gasteiger partial charge in [-0.05, 0) is 26.0 Å². The molecule has 2 N–H and O–H groups in total. The Hall–Kier alpha value is -2.44. The number of rotatable bonds is 6. The lowest BCUT2D eigenvalue weighted by atomic mass is 10.3. The van der Waals surface area contributed by atoms with E-state index in [0.717, 1.165) is 0 Å². The molecular formula is C13H17N3O4.